The molecule has 0 radical (unpaired) electrons. The second-order valence-corrected chi connectivity index (χ2v) is 6.76. The summed E-state index contributed by atoms with van der Waals surface area (Å²) in [4.78, 5) is 20.9. The first-order chi connectivity index (χ1) is 13.2. The van der Waals surface area contributed by atoms with Crippen LogP contribution >= 0.6 is 11.3 Å². The van der Waals surface area contributed by atoms with Crippen molar-refractivity contribution in [1.29, 1.82) is 0 Å². The number of thiazole rings is 1. The van der Waals surface area contributed by atoms with Gasteiger partial charge in [-0.05, 0) is 36.8 Å². The lowest BCUT2D eigenvalue weighted by Gasteiger charge is -2.11. The minimum atomic E-state index is -0.320. The minimum Gasteiger partial charge on any atom is -0.445 e. The number of aromatic nitrogens is 2. The van der Waals surface area contributed by atoms with Gasteiger partial charge in [-0.3, -0.25) is 0 Å². The van der Waals surface area contributed by atoms with E-state index < -0.39 is 0 Å². The summed E-state index contributed by atoms with van der Waals surface area (Å²) in [7, 11) is 0. The van der Waals surface area contributed by atoms with Gasteiger partial charge in [-0.15, -0.1) is 11.3 Å². The van der Waals surface area contributed by atoms with Crippen molar-refractivity contribution < 1.29 is 9.21 Å². The van der Waals surface area contributed by atoms with Crippen LogP contribution in [0.3, 0.4) is 0 Å². The maximum Gasteiger partial charge on any atom is 0.323 e. The lowest BCUT2D eigenvalue weighted by atomic mass is 10.1. The van der Waals surface area contributed by atoms with E-state index in [0.29, 0.717) is 17.3 Å². The van der Waals surface area contributed by atoms with Crippen LogP contribution in [-0.2, 0) is 0 Å². The zero-order chi connectivity index (χ0) is 18.6. The van der Waals surface area contributed by atoms with Crippen LogP contribution in [0.1, 0.15) is 5.56 Å². The molecular weight excluding hydrogens is 360 g/mol. The molecule has 0 fully saturated rings. The molecule has 2 N–H and O–H groups in total. The molecule has 2 heterocycles. The quantitative estimate of drug-likeness (QED) is 0.498. The number of nitrogens with one attached hydrogen (secondary N) is 2. The zero-order valence-electron chi connectivity index (χ0n) is 14.5. The van der Waals surface area contributed by atoms with E-state index in [0.717, 1.165) is 21.7 Å². The van der Waals surface area contributed by atoms with E-state index in [9.17, 15) is 4.79 Å². The molecule has 6 nitrogen and oxygen atoms in total. The highest BCUT2D eigenvalue weighted by Gasteiger charge is 2.10. The van der Waals surface area contributed by atoms with Crippen LogP contribution in [-0.4, -0.2) is 16.0 Å². The fourth-order valence-electron chi connectivity index (χ4n) is 2.64. The molecule has 0 aliphatic heterocycles. The number of hydrogen-bond donors (Lipinski definition) is 2. The van der Waals surface area contributed by atoms with E-state index in [1.807, 2.05) is 54.8 Å². The number of benzene rings is 2. The molecule has 2 amide bonds. The number of aryl methyl sites for hydroxylation is 1. The molecule has 7 heteroatoms. The third-order valence-electron chi connectivity index (χ3n) is 3.96. The number of carbonyl (C=O) groups excluding carboxylic acids is 1. The topological polar surface area (TPSA) is 80.0 Å². The van der Waals surface area contributed by atoms with Crippen LogP contribution in [0.15, 0.2) is 70.9 Å². The van der Waals surface area contributed by atoms with E-state index in [-0.39, 0.29) is 6.03 Å². The summed E-state index contributed by atoms with van der Waals surface area (Å²) >= 11 is 1.55. The maximum absolute atomic E-state index is 12.5. The van der Waals surface area contributed by atoms with Crippen molar-refractivity contribution in [3.63, 3.8) is 0 Å². The summed E-state index contributed by atoms with van der Waals surface area (Å²) in [5, 5.41) is 8.58. The average Bonchev–Trinajstić information content (AvgIpc) is 3.38. The van der Waals surface area contributed by atoms with Crippen molar-refractivity contribution in [3.05, 3.63) is 72.1 Å². The lowest BCUT2D eigenvalue weighted by Crippen LogP contribution is -2.20. The van der Waals surface area contributed by atoms with Crippen LogP contribution in [0.25, 0.3) is 22.0 Å². The molecule has 0 saturated carbocycles. The van der Waals surface area contributed by atoms with Crippen LogP contribution in [0, 0.1) is 6.92 Å². The van der Waals surface area contributed by atoms with Crippen molar-refractivity contribution in [1.82, 2.24) is 9.97 Å². The number of amides is 2. The maximum atomic E-state index is 12.5. The van der Waals surface area contributed by atoms with Crippen molar-refractivity contribution in [2.24, 2.45) is 0 Å². The lowest BCUT2D eigenvalue weighted by molar-refractivity contribution is 0.262. The van der Waals surface area contributed by atoms with E-state index in [1.54, 1.807) is 23.7 Å². The third-order valence-corrected chi connectivity index (χ3v) is 4.79. The highest BCUT2D eigenvalue weighted by molar-refractivity contribution is 7.13. The van der Waals surface area contributed by atoms with Crippen LogP contribution in [0.4, 0.5) is 16.2 Å². The Bertz CT molecular complexity index is 1060. The number of rotatable bonds is 4. The van der Waals surface area contributed by atoms with Crippen molar-refractivity contribution >= 4 is 28.7 Å². The summed E-state index contributed by atoms with van der Waals surface area (Å²) < 4.78 is 5.32. The molecule has 0 spiro atoms. The molecule has 2 aromatic carbocycles. The summed E-state index contributed by atoms with van der Waals surface area (Å²) in [6, 6.07) is 12.9. The number of urea groups is 1. The van der Waals surface area contributed by atoms with Crippen molar-refractivity contribution in [2.75, 3.05) is 10.6 Å². The summed E-state index contributed by atoms with van der Waals surface area (Å²) in [5.41, 5.74) is 4.09. The molecule has 0 unspecified atom stereocenters. The molecule has 0 aliphatic carbocycles. The van der Waals surface area contributed by atoms with E-state index in [1.165, 1.54) is 6.26 Å². The molecule has 4 aromatic rings. The number of nitrogens with zero attached hydrogens (tertiary/aromatic N) is 2. The number of carbonyl (C=O) groups is 1. The van der Waals surface area contributed by atoms with E-state index in [4.69, 9.17) is 4.42 Å². The Kier molecular flexibility index (Phi) is 4.67. The molecule has 0 saturated heterocycles. The van der Waals surface area contributed by atoms with E-state index in [2.05, 4.69) is 20.6 Å². The monoisotopic (exact) mass is 376 g/mol. The normalized spacial score (nSPS) is 10.6. The third kappa shape index (κ3) is 3.88. The molecule has 2 aromatic heterocycles. The van der Waals surface area contributed by atoms with Crippen LogP contribution in [0.2, 0.25) is 0 Å². The van der Waals surface area contributed by atoms with Crippen molar-refractivity contribution in [3.8, 4) is 22.0 Å². The number of hydrogen-bond acceptors (Lipinski definition) is 5. The standard InChI is InChI=1S/C20H16N4O2S/c1-13-5-6-14(18-21-7-9-26-18)12-17(13)24-20(25)23-16-4-2-3-15(11-16)19-22-8-10-27-19/h2-12H,1H3,(H2,23,24,25). The summed E-state index contributed by atoms with van der Waals surface area (Å²) in [6.45, 7) is 1.93. The Morgan fingerprint density at radius 3 is 2.74 bits per heavy atom. The second kappa shape index (κ2) is 7.43. The predicted octanol–water partition coefficient (Wildman–Crippen LogP) is 5.42. The molecule has 4 rings (SSSR count). The van der Waals surface area contributed by atoms with Gasteiger partial charge >= 0.3 is 6.03 Å². The molecule has 0 aliphatic rings. The molecule has 27 heavy (non-hydrogen) atoms. The second-order valence-electron chi connectivity index (χ2n) is 5.86. The fourth-order valence-corrected chi connectivity index (χ4v) is 3.27. The van der Waals surface area contributed by atoms with Gasteiger partial charge in [0.2, 0.25) is 5.89 Å². The first-order valence-corrected chi connectivity index (χ1v) is 9.15. The molecule has 0 atom stereocenters. The minimum absolute atomic E-state index is 0.320. The summed E-state index contributed by atoms with van der Waals surface area (Å²) in [5.74, 6) is 0.509. The molecule has 0 bridgehead atoms. The fraction of sp³-hybridized carbons (Fsp3) is 0.0500. The first-order valence-electron chi connectivity index (χ1n) is 8.27. The van der Waals surface area contributed by atoms with Crippen molar-refractivity contribution in [2.45, 2.75) is 6.92 Å². The van der Waals surface area contributed by atoms with Gasteiger partial charge in [0.1, 0.15) is 11.3 Å². The molecular formula is C20H16N4O2S. The zero-order valence-corrected chi connectivity index (χ0v) is 15.3. The first kappa shape index (κ1) is 17.0. The largest absolute Gasteiger partial charge is 0.445 e. The van der Waals surface area contributed by atoms with Gasteiger partial charge in [0.05, 0.1) is 6.20 Å². The summed E-state index contributed by atoms with van der Waals surface area (Å²) in [6.07, 6.45) is 4.87. The predicted molar refractivity (Wildman–Crippen MR) is 107 cm³/mol. The van der Waals surface area contributed by atoms with Crippen LogP contribution in [0.5, 0.6) is 0 Å². The highest BCUT2D eigenvalue weighted by atomic mass is 32.1. The van der Waals surface area contributed by atoms with Gasteiger partial charge in [-0.25, -0.2) is 14.8 Å². The number of oxazole rings is 1. The van der Waals surface area contributed by atoms with Gasteiger partial charge in [-0.1, -0.05) is 18.2 Å². The Labute approximate surface area is 159 Å². The van der Waals surface area contributed by atoms with Gasteiger partial charge in [0.25, 0.3) is 0 Å². The SMILES string of the molecule is Cc1ccc(-c2ncco2)cc1NC(=O)Nc1cccc(-c2nccs2)c1. The Balaban J connectivity index is 1.50. The van der Waals surface area contributed by atoms with Crippen LogP contribution < -0.4 is 10.6 Å². The average molecular weight is 376 g/mol. The Morgan fingerprint density at radius 1 is 1.04 bits per heavy atom. The highest BCUT2D eigenvalue weighted by Crippen LogP contribution is 2.26. The van der Waals surface area contributed by atoms with E-state index >= 15 is 0 Å². The van der Waals surface area contributed by atoms with Gasteiger partial charge in [0.15, 0.2) is 0 Å². The smallest absolute Gasteiger partial charge is 0.323 e. The van der Waals surface area contributed by atoms with Gasteiger partial charge < -0.3 is 15.1 Å². The van der Waals surface area contributed by atoms with Gasteiger partial charge in [0, 0.05) is 34.1 Å². The number of anilines is 2. The molecule has 134 valence electrons. The Morgan fingerprint density at radius 2 is 1.96 bits per heavy atom. The Hall–Kier alpha value is -3.45. The van der Waals surface area contributed by atoms with Gasteiger partial charge in [-0.2, -0.15) is 0 Å².